The Hall–Kier alpha value is -2.40. The van der Waals surface area contributed by atoms with E-state index in [1.54, 1.807) is 24.3 Å². The molecule has 0 saturated carbocycles. The summed E-state index contributed by atoms with van der Waals surface area (Å²) in [4.78, 5) is 12.4. The quantitative estimate of drug-likeness (QED) is 0.784. The highest BCUT2D eigenvalue weighted by atomic mass is 35.5. The molecule has 136 valence electrons. The van der Waals surface area contributed by atoms with Crippen molar-refractivity contribution in [1.29, 1.82) is 5.26 Å². The summed E-state index contributed by atoms with van der Waals surface area (Å²) in [6, 6.07) is 14.1. The van der Waals surface area contributed by atoms with Crippen LogP contribution in [0.3, 0.4) is 0 Å². The first-order valence-corrected chi connectivity index (χ1v) is 9.74. The molecule has 0 atom stereocenters. The number of benzene rings is 2. The Morgan fingerprint density at radius 3 is 2.31 bits per heavy atom. The van der Waals surface area contributed by atoms with Crippen LogP contribution in [0.4, 0.5) is 5.69 Å². The summed E-state index contributed by atoms with van der Waals surface area (Å²) < 4.78 is 26.7. The van der Waals surface area contributed by atoms with Crippen LogP contribution in [0.25, 0.3) is 0 Å². The summed E-state index contributed by atoms with van der Waals surface area (Å²) in [5, 5.41) is 11.9. The summed E-state index contributed by atoms with van der Waals surface area (Å²) in [5.74, 6) is -0.458. The molecule has 1 N–H and O–H groups in total. The van der Waals surface area contributed by atoms with Gasteiger partial charge in [0.2, 0.25) is 15.9 Å². The molecule has 0 aliphatic heterocycles. The van der Waals surface area contributed by atoms with Gasteiger partial charge in [-0.3, -0.25) is 4.79 Å². The van der Waals surface area contributed by atoms with E-state index in [2.05, 4.69) is 5.32 Å². The van der Waals surface area contributed by atoms with Crippen molar-refractivity contribution in [1.82, 2.24) is 4.31 Å². The first-order valence-electron chi connectivity index (χ1n) is 7.92. The lowest BCUT2D eigenvalue weighted by atomic mass is 10.2. The molecule has 0 heterocycles. The molecule has 2 aromatic carbocycles. The Balaban J connectivity index is 2.14. The van der Waals surface area contributed by atoms with Crippen LogP contribution in [0.1, 0.15) is 18.9 Å². The number of nitrogens with one attached hydrogen (secondary N) is 1. The third-order valence-corrected chi connectivity index (χ3v) is 5.65. The molecule has 2 aromatic rings. The number of anilines is 1. The molecule has 26 heavy (non-hydrogen) atoms. The minimum atomic E-state index is -3.81. The molecule has 2 rings (SSSR count). The Bertz CT molecular complexity index is 904. The maximum absolute atomic E-state index is 12.8. The average Bonchev–Trinajstić information content (AvgIpc) is 2.62. The zero-order valence-electron chi connectivity index (χ0n) is 14.1. The molecule has 1 amide bonds. The second kappa shape index (κ2) is 8.81. The lowest BCUT2D eigenvalue weighted by Crippen LogP contribution is -2.38. The van der Waals surface area contributed by atoms with Crippen LogP contribution in [0, 0.1) is 11.3 Å². The van der Waals surface area contributed by atoms with Crippen LogP contribution < -0.4 is 5.32 Å². The van der Waals surface area contributed by atoms with Crippen molar-refractivity contribution in [2.75, 3.05) is 18.4 Å². The molecule has 6 nitrogen and oxygen atoms in total. The number of nitrogens with zero attached hydrogens (tertiary/aromatic N) is 2. The number of amides is 1. The maximum Gasteiger partial charge on any atom is 0.243 e. The molecule has 0 bridgehead atoms. The first-order chi connectivity index (χ1) is 12.4. The van der Waals surface area contributed by atoms with Gasteiger partial charge in [0.25, 0.3) is 0 Å². The fourth-order valence-electron chi connectivity index (χ4n) is 2.28. The molecule has 0 unspecified atom stereocenters. The van der Waals surface area contributed by atoms with E-state index >= 15 is 0 Å². The van der Waals surface area contributed by atoms with E-state index in [-0.39, 0.29) is 18.0 Å². The van der Waals surface area contributed by atoms with Crippen LogP contribution in [0.5, 0.6) is 0 Å². The average molecular weight is 392 g/mol. The Labute approximate surface area is 158 Å². The standard InChI is InChI=1S/C18H18ClN3O3S/c1-2-11-22(26(24,25)17-9-5-15(19)6-10-17)13-18(23)21-16-7-3-14(12-20)4-8-16/h3-10H,2,11,13H2,1H3,(H,21,23). The monoisotopic (exact) mass is 391 g/mol. The minimum Gasteiger partial charge on any atom is -0.325 e. The van der Waals surface area contributed by atoms with Crippen LogP contribution in [0.2, 0.25) is 5.02 Å². The number of carbonyl (C=O) groups excluding carboxylic acids is 1. The number of nitriles is 1. The van der Waals surface area contributed by atoms with Crippen molar-refractivity contribution in [3.8, 4) is 6.07 Å². The minimum absolute atomic E-state index is 0.0847. The summed E-state index contributed by atoms with van der Waals surface area (Å²) in [6.07, 6.45) is 0.566. The number of halogens is 1. The van der Waals surface area contributed by atoms with Gasteiger partial charge in [-0.15, -0.1) is 0 Å². The summed E-state index contributed by atoms with van der Waals surface area (Å²) >= 11 is 5.81. The highest BCUT2D eigenvalue weighted by molar-refractivity contribution is 7.89. The van der Waals surface area contributed by atoms with Crippen molar-refractivity contribution in [2.24, 2.45) is 0 Å². The molecule has 0 spiro atoms. The molecule has 0 saturated heterocycles. The second-order valence-electron chi connectivity index (χ2n) is 5.53. The molecule has 8 heteroatoms. The molecular formula is C18H18ClN3O3S. The van der Waals surface area contributed by atoms with Gasteiger partial charge in [0.1, 0.15) is 0 Å². The Morgan fingerprint density at radius 2 is 1.77 bits per heavy atom. The van der Waals surface area contributed by atoms with Crippen molar-refractivity contribution in [3.05, 3.63) is 59.1 Å². The van der Waals surface area contributed by atoms with Crippen molar-refractivity contribution < 1.29 is 13.2 Å². The van der Waals surface area contributed by atoms with E-state index < -0.39 is 15.9 Å². The number of hydrogen-bond acceptors (Lipinski definition) is 4. The molecular weight excluding hydrogens is 374 g/mol. The van der Waals surface area contributed by atoms with Crippen molar-refractivity contribution in [2.45, 2.75) is 18.2 Å². The van der Waals surface area contributed by atoms with E-state index in [0.717, 1.165) is 4.31 Å². The van der Waals surface area contributed by atoms with E-state index in [9.17, 15) is 13.2 Å². The van der Waals surface area contributed by atoms with Gasteiger partial charge < -0.3 is 5.32 Å². The second-order valence-corrected chi connectivity index (χ2v) is 7.90. The van der Waals surface area contributed by atoms with Gasteiger partial charge in [-0.25, -0.2) is 8.42 Å². The number of rotatable bonds is 7. The van der Waals surface area contributed by atoms with E-state index in [0.29, 0.717) is 22.7 Å². The maximum atomic E-state index is 12.8. The van der Waals surface area contributed by atoms with E-state index in [4.69, 9.17) is 16.9 Å². The fraction of sp³-hybridized carbons (Fsp3) is 0.222. The SMILES string of the molecule is CCCN(CC(=O)Nc1ccc(C#N)cc1)S(=O)(=O)c1ccc(Cl)cc1. The van der Waals surface area contributed by atoms with Gasteiger partial charge in [0.05, 0.1) is 23.1 Å². The van der Waals surface area contributed by atoms with Crippen molar-refractivity contribution >= 4 is 33.2 Å². The zero-order valence-corrected chi connectivity index (χ0v) is 15.7. The summed E-state index contributed by atoms with van der Waals surface area (Å²) in [5.41, 5.74) is 0.968. The Morgan fingerprint density at radius 1 is 1.15 bits per heavy atom. The molecule has 0 radical (unpaired) electrons. The highest BCUT2D eigenvalue weighted by Gasteiger charge is 2.26. The summed E-state index contributed by atoms with van der Waals surface area (Å²) in [6.45, 7) is 1.74. The molecule has 0 aromatic heterocycles. The van der Waals surface area contributed by atoms with Crippen LogP contribution in [-0.2, 0) is 14.8 Å². The lowest BCUT2D eigenvalue weighted by Gasteiger charge is -2.21. The normalized spacial score (nSPS) is 11.2. The van der Waals surface area contributed by atoms with Gasteiger partial charge in [0.15, 0.2) is 0 Å². The van der Waals surface area contributed by atoms with E-state index in [1.807, 2.05) is 13.0 Å². The van der Waals surface area contributed by atoms with Gasteiger partial charge in [-0.1, -0.05) is 18.5 Å². The number of carbonyl (C=O) groups is 1. The van der Waals surface area contributed by atoms with Crippen LogP contribution >= 0.6 is 11.6 Å². The molecule has 0 aliphatic rings. The topological polar surface area (TPSA) is 90.3 Å². The van der Waals surface area contributed by atoms with Crippen LogP contribution in [-0.4, -0.2) is 31.7 Å². The Kier molecular flexibility index (Phi) is 6.75. The van der Waals surface area contributed by atoms with Gasteiger partial charge in [-0.05, 0) is 55.0 Å². The van der Waals surface area contributed by atoms with Crippen molar-refractivity contribution in [3.63, 3.8) is 0 Å². The number of hydrogen-bond donors (Lipinski definition) is 1. The van der Waals surface area contributed by atoms with Gasteiger partial charge in [-0.2, -0.15) is 9.57 Å². The zero-order chi connectivity index (χ0) is 19.2. The third-order valence-electron chi connectivity index (χ3n) is 3.54. The van der Waals surface area contributed by atoms with E-state index in [1.165, 1.54) is 24.3 Å². The predicted molar refractivity (Wildman–Crippen MR) is 100 cm³/mol. The summed E-state index contributed by atoms with van der Waals surface area (Å²) in [7, 11) is -3.81. The third kappa shape index (κ3) is 5.05. The fourth-order valence-corrected chi connectivity index (χ4v) is 3.89. The van der Waals surface area contributed by atoms with Gasteiger partial charge in [0, 0.05) is 17.3 Å². The number of sulfonamides is 1. The largest absolute Gasteiger partial charge is 0.325 e. The molecule has 0 aliphatic carbocycles. The first kappa shape index (κ1) is 19.9. The van der Waals surface area contributed by atoms with Crippen LogP contribution in [0.15, 0.2) is 53.4 Å². The smallest absolute Gasteiger partial charge is 0.243 e. The van der Waals surface area contributed by atoms with Gasteiger partial charge >= 0.3 is 0 Å². The molecule has 0 fully saturated rings. The highest BCUT2D eigenvalue weighted by Crippen LogP contribution is 2.19. The lowest BCUT2D eigenvalue weighted by molar-refractivity contribution is -0.116. The predicted octanol–water partition coefficient (Wildman–Crippen LogP) is 3.25.